The second-order valence-electron chi connectivity index (χ2n) is 4.33. The third-order valence-corrected chi connectivity index (χ3v) is 3.17. The molecule has 0 unspecified atom stereocenters. The van der Waals surface area contributed by atoms with Crippen molar-refractivity contribution in [2.75, 3.05) is 18.5 Å². The maximum Gasteiger partial charge on any atom is 0.329 e. The van der Waals surface area contributed by atoms with Crippen LogP contribution < -0.4 is 5.32 Å². The predicted molar refractivity (Wildman–Crippen MR) is 70.4 cm³/mol. The molecule has 1 aliphatic rings. The van der Waals surface area contributed by atoms with Gasteiger partial charge in [0.25, 0.3) is 0 Å². The van der Waals surface area contributed by atoms with Gasteiger partial charge in [-0.2, -0.15) is 4.98 Å². The van der Waals surface area contributed by atoms with Crippen molar-refractivity contribution < 1.29 is 9.66 Å². The number of halogens is 1. The quantitative estimate of drug-likeness (QED) is 0.374. The van der Waals surface area contributed by atoms with E-state index in [1.807, 2.05) is 0 Å². The predicted octanol–water partition coefficient (Wildman–Crippen LogP) is 2.41. The van der Waals surface area contributed by atoms with Gasteiger partial charge in [0.15, 0.2) is 0 Å². The first-order valence-electron chi connectivity index (χ1n) is 6.19. The summed E-state index contributed by atoms with van der Waals surface area (Å²) in [5.74, 6) is 0.125. The lowest BCUT2D eigenvalue weighted by Gasteiger charge is -2.11. The van der Waals surface area contributed by atoms with E-state index in [0.717, 1.165) is 19.0 Å². The number of hydrogen-bond donors (Lipinski definition) is 1. The smallest absolute Gasteiger partial charge is 0.329 e. The zero-order chi connectivity index (χ0) is 13.7. The fraction of sp³-hybridized carbons (Fsp3) is 0.636. The van der Waals surface area contributed by atoms with Gasteiger partial charge in [-0.15, -0.1) is 0 Å². The maximum absolute atomic E-state index is 10.8. The van der Waals surface area contributed by atoms with Crippen molar-refractivity contribution in [1.29, 1.82) is 0 Å². The molecule has 19 heavy (non-hydrogen) atoms. The molecule has 8 heteroatoms. The first-order valence-corrected chi connectivity index (χ1v) is 6.57. The van der Waals surface area contributed by atoms with E-state index in [1.54, 1.807) is 0 Å². The summed E-state index contributed by atoms with van der Waals surface area (Å²) in [4.78, 5) is 17.6. The topological polar surface area (TPSA) is 90.2 Å². The SMILES string of the molecule is O=[N+]([O-])c1cnc(Cl)nc1NCCOC1CCCC1. The Morgan fingerprint density at radius 3 is 2.95 bits per heavy atom. The van der Waals surface area contributed by atoms with Crippen LogP contribution in [0.15, 0.2) is 6.20 Å². The molecule has 1 aliphatic carbocycles. The molecule has 1 heterocycles. The number of nitrogens with zero attached hydrogens (tertiary/aromatic N) is 3. The monoisotopic (exact) mass is 286 g/mol. The second kappa shape index (κ2) is 6.63. The van der Waals surface area contributed by atoms with Crippen molar-refractivity contribution in [3.8, 4) is 0 Å². The summed E-state index contributed by atoms with van der Waals surface area (Å²) in [7, 11) is 0. The fourth-order valence-corrected chi connectivity index (χ4v) is 2.20. The van der Waals surface area contributed by atoms with Crippen LogP contribution in [0.1, 0.15) is 25.7 Å². The van der Waals surface area contributed by atoms with Crippen molar-refractivity contribution in [3.05, 3.63) is 21.6 Å². The van der Waals surface area contributed by atoms with E-state index in [4.69, 9.17) is 16.3 Å². The second-order valence-corrected chi connectivity index (χ2v) is 4.67. The number of ether oxygens (including phenoxy) is 1. The zero-order valence-electron chi connectivity index (χ0n) is 10.3. The number of rotatable bonds is 6. The normalized spacial score (nSPS) is 15.6. The minimum absolute atomic E-state index is 0.0233. The molecule has 0 radical (unpaired) electrons. The summed E-state index contributed by atoms with van der Waals surface area (Å²) in [6.45, 7) is 0.939. The molecular formula is C11H15ClN4O3. The molecule has 0 aromatic carbocycles. The van der Waals surface area contributed by atoms with Crippen LogP contribution in [0.2, 0.25) is 5.28 Å². The Morgan fingerprint density at radius 2 is 2.26 bits per heavy atom. The molecule has 1 aromatic rings. The Hall–Kier alpha value is -1.47. The van der Waals surface area contributed by atoms with Gasteiger partial charge in [0.05, 0.1) is 17.6 Å². The molecule has 0 bridgehead atoms. The minimum Gasteiger partial charge on any atom is -0.376 e. The van der Waals surface area contributed by atoms with Crippen LogP contribution in [-0.4, -0.2) is 34.1 Å². The van der Waals surface area contributed by atoms with Gasteiger partial charge in [-0.05, 0) is 24.4 Å². The van der Waals surface area contributed by atoms with E-state index in [-0.39, 0.29) is 16.8 Å². The Kier molecular flexibility index (Phi) is 4.86. The van der Waals surface area contributed by atoms with Gasteiger partial charge in [-0.1, -0.05) is 12.8 Å². The molecule has 0 atom stereocenters. The van der Waals surface area contributed by atoms with Gasteiger partial charge in [0, 0.05) is 6.54 Å². The van der Waals surface area contributed by atoms with E-state index in [2.05, 4.69) is 15.3 Å². The van der Waals surface area contributed by atoms with Crippen LogP contribution in [0.25, 0.3) is 0 Å². The standard InChI is InChI=1S/C11H15ClN4O3/c12-11-14-7-9(16(17)18)10(15-11)13-5-6-19-8-3-1-2-4-8/h7-8H,1-6H2,(H,13,14,15). The summed E-state index contributed by atoms with van der Waals surface area (Å²) in [6, 6.07) is 0. The Balaban J connectivity index is 1.84. The third kappa shape index (κ3) is 4.00. The fourth-order valence-electron chi connectivity index (χ4n) is 2.07. The first-order chi connectivity index (χ1) is 9.16. The van der Waals surface area contributed by atoms with Crippen LogP contribution >= 0.6 is 11.6 Å². The molecular weight excluding hydrogens is 272 g/mol. The van der Waals surface area contributed by atoms with Crippen LogP contribution in [0, 0.1) is 10.1 Å². The van der Waals surface area contributed by atoms with Crippen molar-refractivity contribution in [3.63, 3.8) is 0 Å². The molecule has 7 nitrogen and oxygen atoms in total. The molecule has 1 aromatic heterocycles. The minimum atomic E-state index is -0.545. The number of anilines is 1. The number of nitrogens with one attached hydrogen (secondary N) is 1. The van der Waals surface area contributed by atoms with Crippen LogP contribution in [-0.2, 0) is 4.74 Å². The van der Waals surface area contributed by atoms with Gasteiger partial charge in [-0.3, -0.25) is 10.1 Å². The van der Waals surface area contributed by atoms with Gasteiger partial charge in [-0.25, -0.2) is 4.98 Å². The molecule has 0 spiro atoms. The van der Waals surface area contributed by atoms with Gasteiger partial charge in [0.2, 0.25) is 11.1 Å². The summed E-state index contributed by atoms with van der Waals surface area (Å²) >= 11 is 5.62. The number of hydrogen-bond acceptors (Lipinski definition) is 6. The van der Waals surface area contributed by atoms with Gasteiger partial charge < -0.3 is 10.1 Å². The van der Waals surface area contributed by atoms with Crippen molar-refractivity contribution in [2.45, 2.75) is 31.8 Å². The van der Waals surface area contributed by atoms with Crippen LogP contribution in [0.5, 0.6) is 0 Å². The highest BCUT2D eigenvalue weighted by atomic mass is 35.5. The first kappa shape index (κ1) is 14.0. The van der Waals surface area contributed by atoms with Crippen molar-refractivity contribution >= 4 is 23.1 Å². The average molecular weight is 287 g/mol. The maximum atomic E-state index is 10.8. The summed E-state index contributed by atoms with van der Waals surface area (Å²) < 4.78 is 5.65. The van der Waals surface area contributed by atoms with E-state index in [1.165, 1.54) is 12.8 Å². The highest BCUT2D eigenvalue weighted by Gasteiger charge is 2.17. The lowest BCUT2D eigenvalue weighted by molar-refractivity contribution is -0.384. The highest BCUT2D eigenvalue weighted by molar-refractivity contribution is 6.28. The lowest BCUT2D eigenvalue weighted by atomic mass is 10.3. The Morgan fingerprint density at radius 1 is 1.53 bits per heavy atom. The van der Waals surface area contributed by atoms with Crippen molar-refractivity contribution in [2.24, 2.45) is 0 Å². The van der Waals surface area contributed by atoms with Gasteiger partial charge in [0.1, 0.15) is 6.20 Å². The molecule has 0 saturated heterocycles. The Bertz CT molecular complexity index is 452. The van der Waals surface area contributed by atoms with Gasteiger partial charge >= 0.3 is 5.69 Å². The molecule has 104 valence electrons. The lowest BCUT2D eigenvalue weighted by Crippen LogP contribution is -2.16. The van der Waals surface area contributed by atoms with Crippen molar-refractivity contribution in [1.82, 2.24) is 9.97 Å². The number of nitro groups is 1. The van der Waals surface area contributed by atoms with Crippen LogP contribution in [0.4, 0.5) is 11.5 Å². The third-order valence-electron chi connectivity index (χ3n) is 2.99. The van der Waals surface area contributed by atoms with E-state index < -0.39 is 4.92 Å². The number of aromatic nitrogens is 2. The Labute approximate surface area is 115 Å². The van der Waals surface area contributed by atoms with E-state index in [9.17, 15) is 10.1 Å². The van der Waals surface area contributed by atoms with Crippen LogP contribution in [0.3, 0.4) is 0 Å². The summed E-state index contributed by atoms with van der Waals surface area (Å²) in [5.41, 5.74) is -0.190. The molecule has 1 N–H and O–H groups in total. The summed E-state index contributed by atoms with van der Waals surface area (Å²) in [6.07, 6.45) is 6.04. The molecule has 2 rings (SSSR count). The highest BCUT2D eigenvalue weighted by Crippen LogP contribution is 2.22. The largest absolute Gasteiger partial charge is 0.376 e. The molecule has 0 amide bonds. The van der Waals surface area contributed by atoms with E-state index >= 15 is 0 Å². The zero-order valence-corrected chi connectivity index (χ0v) is 11.1. The van der Waals surface area contributed by atoms with E-state index in [0.29, 0.717) is 19.3 Å². The average Bonchev–Trinajstić information content (AvgIpc) is 2.87. The molecule has 1 saturated carbocycles. The molecule has 1 fully saturated rings. The molecule has 0 aliphatic heterocycles. The summed E-state index contributed by atoms with van der Waals surface area (Å²) in [5, 5.41) is 13.6.